The Labute approximate surface area is 234 Å². The first-order valence-corrected chi connectivity index (χ1v) is 13.4. The van der Waals surface area contributed by atoms with E-state index in [2.05, 4.69) is 20.5 Å². The van der Waals surface area contributed by atoms with Crippen LogP contribution in [0.5, 0.6) is 5.75 Å². The zero-order valence-corrected chi connectivity index (χ0v) is 23.2. The SMILES string of the molecule is CCOc1ccc(-n2c(C(CCNC(=O)OCc3ccccc3)NCCN(C)C)nc3ncccc3c2=O)cc1. The number of nitrogens with zero attached hydrogens (tertiary/aromatic N) is 4. The minimum Gasteiger partial charge on any atom is -0.494 e. The van der Waals surface area contributed by atoms with Crippen LogP contribution in [0, 0.1) is 0 Å². The molecule has 4 rings (SSSR count). The van der Waals surface area contributed by atoms with Gasteiger partial charge >= 0.3 is 6.09 Å². The Morgan fingerprint density at radius 3 is 2.52 bits per heavy atom. The average molecular weight is 545 g/mol. The fraction of sp³-hybridized carbons (Fsp3) is 0.333. The third kappa shape index (κ3) is 7.64. The van der Waals surface area contributed by atoms with E-state index in [9.17, 15) is 9.59 Å². The van der Waals surface area contributed by atoms with Crippen LogP contribution in [0.3, 0.4) is 0 Å². The van der Waals surface area contributed by atoms with Gasteiger partial charge in [-0.2, -0.15) is 0 Å². The van der Waals surface area contributed by atoms with Gasteiger partial charge in [-0.15, -0.1) is 0 Å². The van der Waals surface area contributed by atoms with Gasteiger partial charge < -0.3 is 25.0 Å². The van der Waals surface area contributed by atoms with Crippen LogP contribution in [-0.4, -0.2) is 65.9 Å². The Bertz CT molecular complexity index is 1440. The quantitative estimate of drug-likeness (QED) is 0.262. The van der Waals surface area contributed by atoms with Crippen molar-refractivity contribution < 1.29 is 14.3 Å². The average Bonchev–Trinajstić information content (AvgIpc) is 2.96. The van der Waals surface area contributed by atoms with Crippen molar-refractivity contribution in [1.29, 1.82) is 0 Å². The molecule has 0 saturated heterocycles. The highest BCUT2D eigenvalue weighted by molar-refractivity contribution is 5.73. The maximum Gasteiger partial charge on any atom is 0.407 e. The maximum atomic E-state index is 13.8. The zero-order valence-electron chi connectivity index (χ0n) is 23.2. The summed E-state index contributed by atoms with van der Waals surface area (Å²) in [7, 11) is 3.99. The molecule has 210 valence electrons. The van der Waals surface area contributed by atoms with Crippen LogP contribution in [-0.2, 0) is 11.3 Å². The molecule has 0 aliphatic carbocycles. The van der Waals surface area contributed by atoms with Gasteiger partial charge in [0.25, 0.3) is 5.56 Å². The van der Waals surface area contributed by atoms with E-state index in [1.54, 1.807) is 22.9 Å². The number of carbonyl (C=O) groups is 1. The normalized spacial score (nSPS) is 11.9. The molecule has 10 heteroatoms. The molecule has 1 unspecified atom stereocenters. The lowest BCUT2D eigenvalue weighted by atomic mass is 10.1. The summed E-state index contributed by atoms with van der Waals surface area (Å²) in [4.78, 5) is 37.4. The molecule has 4 aromatic rings. The second kappa shape index (κ2) is 14.2. The number of amides is 1. The number of carbonyl (C=O) groups excluding carboxylic acids is 1. The number of alkyl carbamates (subject to hydrolysis) is 1. The lowest BCUT2D eigenvalue weighted by molar-refractivity contribution is 0.139. The molecule has 2 aromatic carbocycles. The van der Waals surface area contributed by atoms with E-state index in [-0.39, 0.29) is 18.2 Å². The monoisotopic (exact) mass is 544 g/mol. The Hall–Kier alpha value is -4.28. The number of hydrogen-bond acceptors (Lipinski definition) is 8. The summed E-state index contributed by atoms with van der Waals surface area (Å²) >= 11 is 0. The van der Waals surface area contributed by atoms with Crippen LogP contribution in [0.15, 0.2) is 77.7 Å². The number of likely N-dealkylation sites (N-methyl/N-ethyl adjacent to an activating group) is 1. The number of rotatable bonds is 13. The van der Waals surface area contributed by atoms with E-state index in [0.717, 1.165) is 17.9 Å². The number of benzene rings is 2. The fourth-order valence-corrected chi connectivity index (χ4v) is 4.25. The standard InChI is InChI=1S/C30H36N6O4/c1-4-39-24-14-12-23(13-15-24)36-28(34-27-25(29(36)37)11-8-17-32-27)26(31-19-20-35(2)3)16-18-33-30(38)40-21-22-9-6-5-7-10-22/h5-15,17,26,31H,4,16,18-21H2,1-3H3,(H,33,38). The Kier molecular flexibility index (Phi) is 10.2. The minimum absolute atomic E-state index is 0.187. The van der Waals surface area contributed by atoms with Crippen molar-refractivity contribution >= 4 is 17.1 Å². The zero-order chi connectivity index (χ0) is 28.3. The lowest BCUT2D eigenvalue weighted by Crippen LogP contribution is -2.37. The van der Waals surface area contributed by atoms with Crippen molar-refractivity contribution in [2.75, 3.05) is 40.3 Å². The second-order valence-electron chi connectivity index (χ2n) is 9.50. The van der Waals surface area contributed by atoms with Crippen LogP contribution < -0.4 is 20.9 Å². The van der Waals surface area contributed by atoms with Crippen LogP contribution in [0.2, 0.25) is 0 Å². The van der Waals surface area contributed by atoms with Gasteiger partial charge in [-0.25, -0.2) is 14.8 Å². The van der Waals surface area contributed by atoms with Gasteiger partial charge in [-0.05, 0) is 69.4 Å². The van der Waals surface area contributed by atoms with Crippen LogP contribution >= 0.6 is 0 Å². The number of hydrogen-bond donors (Lipinski definition) is 2. The van der Waals surface area contributed by atoms with Crippen molar-refractivity contribution in [3.05, 3.63) is 94.7 Å². The molecule has 0 saturated carbocycles. The Morgan fingerprint density at radius 2 is 1.80 bits per heavy atom. The Morgan fingerprint density at radius 1 is 1.02 bits per heavy atom. The molecule has 0 fully saturated rings. The molecule has 0 bridgehead atoms. The molecule has 0 aliphatic rings. The van der Waals surface area contributed by atoms with E-state index in [1.165, 1.54) is 0 Å². The molecule has 10 nitrogen and oxygen atoms in total. The van der Waals surface area contributed by atoms with Crippen LogP contribution in [0.1, 0.15) is 30.8 Å². The van der Waals surface area contributed by atoms with Crippen molar-refractivity contribution in [2.45, 2.75) is 26.0 Å². The van der Waals surface area contributed by atoms with E-state index >= 15 is 0 Å². The van der Waals surface area contributed by atoms with Crippen LogP contribution in [0.4, 0.5) is 4.79 Å². The van der Waals surface area contributed by atoms with Crippen molar-refractivity contribution in [2.24, 2.45) is 0 Å². The molecular formula is C30H36N6O4. The summed E-state index contributed by atoms with van der Waals surface area (Å²) in [5.41, 5.74) is 1.73. The van der Waals surface area contributed by atoms with Gasteiger partial charge in [0.05, 0.1) is 23.7 Å². The fourth-order valence-electron chi connectivity index (χ4n) is 4.25. The van der Waals surface area contributed by atoms with Gasteiger partial charge in [-0.3, -0.25) is 9.36 Å². The van der Waals surface area contributed by atoms with E-state index in [4.69, 9.17) is 14.5 Å². The number of ether oxygens (including phenoxy) is 2. The van der Waals surface area contributed by atoms with Gasteiger partial charge in [0.2, 0.25) is 0 Å². The summed E-state index contributed by atoms with van der Waals surface area (Å²) < 4.78 is 12.6. The van der Waals surface area contributed by atoms with Gasteiger partial charge in [0.1, 0.15) is 18.2 Å². The topological polar surface area (TPSA) is 111 Å². The minimum atomic E-state index is -0.507. The number of fused-ring (bicyclic) bond motifs is 1. The smallest absolute Gasteiger partial charge is 0.407 e. The van der Waals surface area contributed by atoms with Crippen molar-refractivity contribution in [1.82, 2.24) is 30.1 Å². The van der Waals surface area contributed by atoms with Gasteiger partial charge in [0, 0.05) is 25.8 Å². The number of nitrogens with one attached hydrogen (secondary N) is 2. The molecule has 1 atom stereocenters. The second-order valence-corrected chi connectivity index (χ2v) is 9.50. The van der Waals surface area contributed by atoms with Gasteiger partial charge in [0.15, 0.2) is 5.65 Å². The molecule has 1 amide bonds. The lowest BCUT2D eigenvalue weighted by Gasteiger charge is -2.23. The first kappa shape index (κ1) is 28.7. The first-order chi connectivity index (χ1) is 19.5. The predicted octanol–water partition coefficient (Wildman–Crippen LogP) is 3.69. The predicted molar refractivity (Wildman–Crippen MR) is 155 cm³/mol. The summed E-state index contributed by atoms with van der Waals surface area (Å²) in [5, 5.41) is 6.78. The highest BCUT2D eigenvalue weighted by Gasteiger charge is 2.22. The summed E-state index contributed by atoms with van der Waals surface area (Å²) in [6.45, 7) is 4.40. The molecule has 2 N–H and O–H groups in total. The number of aromatic nitrogens is 3. The van der Waals surface area contributed by atoms with E-state index < -0.39 is 6.09 Å². The highest BCUT2D eigenvalue weighted by atomic mass is 16.5. The third-order valence-electron chi connectivity index (χ3n) is 6.25. The van der Waals surface area contributed by atoms with Gasteiger partial charge in [-0.1, -0.05) is 30.3 Å². The molecule has 0 spiro atoms. The van der Waals surface area contributed by atoms with E-state index in [1.807, 2.05) is 75.6 Å². The molecular weight excluding hydrogens is 508 g/mol. The molecule has 2 heterocycles. The molecule has 40 heavy (non-hydrogen) atoms. The Balaban J connectivity index is 1.60. The van der Waals surface area contributed by atoms with Crippen LogP contribution in [0.25, 0.3) is 16.7 Å². The van der Waals surface area contributed by atoms with Crippen molar-refractivity contribution in [3.63, 3.8) is 0 Å². The van der Waals surface area contributed by atoms with E-state index in [0.29, 0.717) is 48.7 Å². The summed E-state index contributed by atoms with van der Waals surface area (Å²) in [6, 6.07) is 20.0. The molecule has 0 aliphatic heterocycles. The highest BCUT2D eigenvalue weighted by Crippen LogP contribution is 2.21. The van der Waals surface area contributed by atoms with Crippen molar-refractivity contribution in [3.8, 4) is 11.4 Å². The summed E-state index contributed by atoms with van der Waals surface area (Å²) in [5.74, 6) is 1.23. The summed E-state index contributed by atoms with van der Waals surface area (Å²) in [6.07, 6.45) is 1.58. The molecule has 0 radical (unpaired) electrons. The largest absolute Gasteiger partial charge is 0.494 e. The first-order valence-electron chi connectivity index (χ1n) is 13.4. The number of pyridine rings is 1. The third-order valence-corrected chi connectivity index (χ3v) is 6.25. The maximum absolute atomic E-state index is 13.8. The molecule has 2 aromatic heterocycles.